The summed E-state index contributed by atoms with van der Waals surface area (Å²) in [6, 6.07) is 0. The molecule has 21 nitrogen and oxygen atoms in total. The normalized spacial score (nSPS) is 37.4. The van der Waals surface area contributed by atoms with Crippen molar-refractivity contribution in [1.82, 2.24) is 0 Å². The molecule has 133 heavy (non-hydrogen) atoms. The van der Waals surface area contributed by atoms with Gasteiger partial charge in [-0.05, 0) is 379 Å². The standard InChI is InChI=1S/C18H27F3O3.C17H25F3O3.C17H26O4.C17H28O3.C16H24O4.C10H14O.C8H13F3O3/c1-3-17(2,18(19,20)21)16(22)24-10-23-9-15-13-5-11-4-12(7-13)8-14(15)6-11;1-3-16(2,17(18,19)20)15(21)23-9-22-14-12-5-10-4-11(7-12)8-13(14)6-10;1-4-17(2,3)16(19)21-9-20-15-12-6-10-5-11(8-12)14(18)13(15)7-10;1-4-17(2,3)16(18)20-10-19-15-13-6-11-5-12(8-13)9-14(15)7-11;1-3-9(2)16(18)20-8-19-15-12-5-10-4-11(7-12)14(17)13(15)6-10;11-10-8-2-6-1-7(4-8)5-9(10)3-6;1-4-7(2,8(9,10)11)6(12)14-5-13-3/h11-15H,3-10H2,1-2H3;10-14H,3-9H2,1-2H3;10-13,15H,4-9H2,1-3H3;11-15H,4-10H2,1-3H3;9-13,15H,3-8H2,1-2H3;6-9H,1-5H2;4-5H2,1-3H3. The number of esters is 6. The molecule has 24 fully saturated rings. The molecular weight excluding hydrogens is 1740 g/mol. The minimum absolute atomic E-state index is 0.00343. The molecule has 0 aliphatic heterocycles. The van der Waals surface area contributed by atoms with Gasteiger partial charge in [0.05, 0.1) is 47.8 Å². The van der Waals surface area contributed by atoms with Gasteiger partial charge in [0.1, 0.15) is 17.3 Å². The fraction of sp³-hybridized carbons (Fsp3) is 0.913. The predicted molar refractivity (Wildman–Crippen MR) is 471 cm³/mol. The maximum atomic E-state index is 13.0. The summed E-state index contributed by atoms with van der Waals surface area (Å²) in [7, 11) is 1.23. The highest BCUT2D eigenvalue weighted by Gasteiger charge is 2.62. The Morgan fingerprint density at radius 1 is 0.301 bits per heavy atom. The first kappa shape index (κ1) is 107. The second kappa shape index (κ2) is 44.4. The van der Waals surface area contributed by atoms with Crippen molar-refractivity contribution in [3.05, 3.63) is 0 Å². The van der Waals surface area contributed by atoms with Crippen molar-refractivity contribution < 1.29 is 140 Å². The zero-order valence-electron chi connectivity index (χ0n) is 81.8. The van der Waals surface area contributed by atoms with Gasteiger partial charge in [0.2, 0.25) is 0 Å². The lowest BCUT2D eigenvalue weighted by molar-refractivity contribution is -0.241. The molecule has 0 saturated heterocycles. The molecule has 0 radical (unpaired) electrons. The van der Waals surface area contributed by atoms with Crippen molar-refractivity contribution in [2.24, 2.45) is 181 Å². The number of hydrogen-bond acceptors (Lipinski definition) is 21. The Bertz CT molecular complexity index is 3820. The first-order chi connectivity index (χ1) is 62.6. The molecule has 0 spiro atoms. The van der Waals surface area contributed by atoms with Gasteiger partial charge in [0.25, 0.3) is 0 Å². The number of halogens is 9. The molecule has 24 aliphatic rings. The minimum atomic E-state index is -4.61. The van der Waals surface area contributed by atoms with Gasteiger partial charge in [-0.1, -0.05) is 48.5 Å². The van der Waals surface area contributed by atoms with Crippen molar-refractivity contribution in [1.29, 1.82) is 0 Å². The largest absolute Gasteiger partial charge is 0.438 e. The van der Waals surface area contributed by atoms with Crippen LogP contribution in [0.2, 0.25) is 0 Å². The number of ketones is 3. The molecule has 0 aromatic carbocycles. The third kappa shape index (κ3) is 24.6. The van der Waals surface area contributed by atoms with Crippen LogP contribution in [-0.2, 0) is 100.0 Å². The highest BCUT2D eigenvalue weighted by molar-refractivity contribution is 5.87. The fourth-order valence-electron chi connectivity index (χ4n) is 27.8. The molecule has 14 atom stereocenters. The lowest BCUT2D eigenvalue weighted by Crippen LogP contribution is -2.55. The van der Waals surface area contributed by atoms with E-state index >= 15 is 0 Å². The lowest BCUT2D eigenvalue weighted by atomic mass is 9.52. The van der Waals surface area contributed by atoms with Gasteiger partial charge in [-0.3, -0.25) is 43.2 Å². The van der Waals surface area contributed by atoms with Gasteiger partial charge in [0.15, 0.2) is 57.0 Å². The third-order valence-electron chi connectivity index (χ3n) is 36.7. The third-order valence-corrected chi connectivity index (χ3v) is 36.7. The number of ether oxygens (including phenoxy) is 12. The molecule has 30 heteroatoms. The van der Waals surface area contributed by atoms with E-state index < -0.39 is 70.3 Å². The smallest absolute Gasteiger partial charge is 0.404 e. The first-order valence-electron chi connectivity index (χ1n) is 51.0. The number of carbonyl (C=O) groups excluding carboxylic acids is 9. The Balaban J connectivity index is 0.000000141. The van der Waals surface area contributed by atoms with Crippen LogP contribution in [0.1, 0.15) is 315 Å². The van der Waals surface area contributed by atoms with Crippen LogP contribution in [0.4, 0.5) is 39.5 Å². The average Bonchev–Trinajstić information content (AvgIpc) is 0.811. The van der Waals surface area contributed by atoms with Crippen LogP contribution in [0.15, 0.2) is 0 Å². The summed E-state index contributed by atoms with van der Waals surface area (Å²) in [6.45, 7) is 21.4. The Hall–Kier alpha value is -5.04. The number of alkyl halides is 9. The Labute approximate surface area is 782 Å². The molecule has 24 aliphatic carbocycles. The number of rotatable bonds is 30. The zero-order chi connectivity index (χ0) is 97.0. The van der Waals surface area contributed by atoms with Gasteiger partial charge in [-0.25, -0.2) is 0 Å². The molecule has 0 amide bonds. The SMILES string of the molecule is CCC(C)(C(=O)OCOC)C(F)(F)F.CCC(C)(C(=O)OCOC1C2CC3CC(C2)CC1C3)C(F)(F)F.CCC(C)(C(=O)OCOCC1C2CC3CC(C2)CC1C3)C(F)(F)F.CCC(C)(C)C(=O)OCOC1C2CC3CC(C2)C(=O)C1C3.CCC(C)(C)C(=O)OCOC1C2CC3CC(C2)CC1C3.CCC(C)C(=O)OCOC1C2CC3CC(C2)C(=O)C1C3.O=C1C2CC3CC(C2)CC1C3. The second-order valence-corrected chi connectivity index (χ2v) is 46.1. The van der Waals surface area contributed by atoms with E-state index in [2.05, 4.69) is 9.47 Å². The summed E-state index contributed by atoms with van der Waals surface area (Å²) >= 11 is 0. The van der Waals surface area contributed by atoms with Crippen molar-refractivity contribution in [2.45, 2.75) is 358 Å². The molecule has 24 saturated carbocycles. The van der Waals surface area contributed by atoms with Crippen molar-refractivity contribution in [3.63, 3.8) is 0 Å². The van der Waals surface area contributed by atoms with Crippen LogP contribution in [0, 0.1) is 181 Å². The Morgan fingerprint density at radius 2 is 0.556 bits per heavy atom. The summed E-state index contributed by atoms with van der Waals surface area (Å²) in [6.07, 6.45) is 21.9. The molecular formula is C103H157F9O21. The van der Waals surface area contributed by atoms with E-state index in [1.165, 1.54) is 143 Å². The number of carbonyl (C=O) groups is 9. The van der Waals surface area contributed by atoms with Crippen molar-refractivity contribution in [2.75, 3.05) is 54.5 Å². The molecule has 0 aromatic heterocycles. The quantitative estimate of drug-likeness (QED) is 0.0213. The van der Waals surface area contributed by atoms with Gasteiger partial charge in [-0.15, -0.1) is 0 Å². The van der Waals surface area contributed by atoms with E-state index in [1.54, 1.807) is 0 Å². The van der Waals surface area contributed by atoms with Crippen LogP contribution >= 0.6 is 0 Å². The molecule has 24 bridgehead atoms. The van der Waals surface area contributed by atoms with Crippen LogP contribution in [-0.4, -0.2) is 151 Å². The number of methoxy groups -OCH3 is 1. The van der Waals surface area contributed by atoms with E-state index in [4.69, 9.17) is 47.4 Å². The van der Waals surface area contributed by atoms with Gasteiger partial charge in [0, 0.05) is 42.6 Å². The van der Waals surface area contributed by atoms with E-state index in [0.717, 1.165) is 175 Å². The fourth-order valence-corrected chi connectivity index (χ4v) is 27.8. The summed E-state index contributed by atoms with van der Waals surface area (Å²) in [5.74, 6) is 12.5. The summed E-state index contributed by atoms with van der Waals surface area (Å²) in [4.78, 5) is 106. The molecule has 14 unspecified atom stereocenters. The van der Waals surface area contributed by atoms with E-state index in [9.17, 15) is 82.7 Å². The van der Waals surface area contributed by atoms with Crippen LogP contribution in [0.3, 0.4) is 0 Å². The first-order valence-corrected chi connectivity index (χ1v) is 51.0. The summed E-state index contributed by atoms with van der Waals surface area (Å²) in [5, 5.41) is 0. The Morgan fingerprint density at radius 3 is 0.850 bits per heavy atom. The maximum absolute atomic E-state index is 13.0. The summed E-state index contributed by atoms with van der Waals surface area (Å²) < 4.78 is 178. The Kier molecular flexibility index (Phi) is 35.7. The number of hydrogen-bond donors (Lipinski definition) is 0. The topological polar surface area (TPSA) is 264 Å². The molecule has 0 N–H and O–H groups in total. The van der Waals surface area contributed by atoms with Crippen molar-refractivity contribution >= 4 is 53.2 Å². The maximum Gasteiger partial charge on any atom is 0.404 e. The number of Topliss-reactive ketones (excluding diaryl/α,β-unsaturated/α-hetero) is 3. The van der Waals surface area contributed by atoms with E-state index in [-0.39, 0.29) is 113 Å². The van der Waals surface area contributed by atoms with E-state index in [1.807, 2.05) is 55.4 Å². The van der Waals surface area contributed by atoms with Gasteiger partial charge >= 0.3 is 54.3 Å². The van der Waals surface area contributed by atoms with Gasteiger partial charge in [-0.2, -0.15) is 39.5 Å². The van der Waals surface area contributed by atoms with Crippen LogP contribution < -0.4 is 0 Å². The molecule has 0 aromatic rings. The second-order valence-electron chi connectivity index (χ2n) is 46.1. The minimum Gasteiger partial charge on any atom is -0.438 e. The zero-order valence-corrected chi connectivity index (χ0v) is 81.8. The molecule has 24 rings (SSSR count). The molecule has 758 valence electrons. The average molecular weight is 1900 g/mol. The molecule has 0 heterocycles. The van der Waals surface area contributed by atoms with E-state index in [0.29, 0.717) is 89.2 Å². The van der Waals surface area contributed by atoms with Gasteiger partial charge < -0.3 is 56.8 Å². The highest BCUT2D eigenvalue weighted by atomic mass is 19.4. The summed E-state index contributed by atoms with van der Waals surface area (Å²) in [5.41, 5.74) is -8.23. The van der Waals surface area contributed by atoms with Crippen LogP contribution in [0.25, 0.3) is 0 Å². The predicted octanol–water partition coefficient (Wildman–Crippen LogP) is 22.2. The monoisotopic (exact) mass is 1900 g/mol. The van der Waals surface area contributed by atoms with Crippen molar-refractivity contribution in [3.8, 4) is 0 Å². The highest BCUT2D eigenvalue weighted by Crippen LogP contribution is 2.61. The van der Waals surface area contributed by atoms with Crippen LogP contribution in [0.5, 0.6) is 0 Å². The lowest BCUT2D eigenvalue weighted by Gasteiger charge is -2.54.